The minimum atomic E-state index is -0.0925. The van der Waals surface area contributed by atoms with E-state index in [9.17, 15) is 4.79 Å². The van der Waals surface area contributed by atoms with E-state index < -0.39 is 0 Å². The molecular weight excluding hydrogens is 294 g/mol. The monoisotopic (exact) mass is 315 g/mol. The maximum Gasteiger partial charge on any atom is 0.328 e. The van der Waals surface area contributed by atoms with Gasteiger partial charge in [0.05, 0.1) is 12.0 Å². The summed E-state index contributed by atoms with van der Waals surface area (Å²) < 4.78 is 7.20. The van der Waals surface area contributed by atoms with Crippen molar-refractivity contribution in [3.8, 4) is 0 Å². The highest BCUT2D eigenvalue weighted by atomic mass is 16.5. The molecule has 0 spiro atoms. The van der Waals surface area contributed by atoms with E-state index in [1.54, 1.807) is 7.11 Å². The van der Waals surface area contributed by atoms with E-state index in [2.05, 4.69) is 27.1 Å². The number of aromatic amines is 2. The summed E-state index contributed by atoms with van der Waals surface area (Å²) in [6, 6.07) is 0.211. The lowest BCUT2D eigenvalue weighted by atomic mass is 9.85. The summed E-state index contributed by atoms with van der Waals surface area (Å²) in [7, 11) is 1.66. The molecule has 0 bridgehead atoms. The molecule has 4 rings (SSSR count). The quantitative estimate of drug-likeness (QED) is 0.777. The Hall–Kier alpha value is -2.15. The predicted octanol–water partition coefficient (Wildman–Crippen LogP) is 2.50. The summed E-state index contributed by atoms with van der Waals surface area (Å²) in [6.45, 7) is 2.70. The molecule has 0 amide bonds. The van der Waals surface area contributed by atoms with Gasteiger partial charge >= 0.3 is 5.69 Å². The van der Waals surface area contributed by atoms with Crippen LogP contribution in [0.2, 0.25) is 0 Å². The second-order valence-corrected chi connectivity index (χ2v) is 6.50. The zero-order valence-electron chi connectivity index (χ0n) is 13.4. The summed E-state index contributed by atoms with van der Waals surface area (Å²) in [6.07, 6.45) is 6.47. The fraction of sp³-hybridized carbons (Fsp3) is 0.562. The highest BCUT2D eigenvalue weighted by Gasteiger charge is 2.28. The zero-order chi connectivity index (χ0) is 16.0. The molecule has 23 heavy (non-hydrogen) atoms. The van der Waals surface area contributed by atoms with Crippen LogP contribution in [0.1, 0.15) is 44.2 Å². The van der Waals surface area contributed by atoms with Crippen molar-refractivity contribution in [2.45, 2.75) is 45.3 Å². The van der Waals surface area contributed by atoms with Crippen LogP contribution in [0.3, 0.4) is 0 Å². The molecule has 1 fully saturated rings. The molecule has 0 saturated heterocycles. The molecule has 3 aromatic heterocycles. The van der Waals surface area contributed by atoms with Crippen molar-refractivity contribution < 1.29 is 4.74 Å². The lowest BCUT2D eigenvalue weighted by molar-refractivity contribution is 0.186. The minimum Gasteiger partial charge on any atom is -0.380 e. The highest BCUT2D eigenvalue weighted by molar-refractivity contribution is 6.01. The summed E-state index contributed by atoms with van der Waals surface area (Å²) in [5.74, 6) is 0.480. The van der Waals surface area contributed by atoms with E-state index in [4.69, 9.17) is 4.74 Å². The second kappa shape index (κ2) is 5.49. The third kappa shape index (κ3) is 2.18. The Labute approximate surface area is 133 Å². The van der Waals surface area contributed by atoms with Gasteiger partial charge < -0.3 is 9.72 Å². The number of methoxy groups -OCH3 is 1. The normalized spacial score (nSPS) is 22.2. The van der Waals surface area contributed by atoms with Gasteiger partial charge in [-0.15, -0.1) is 10.2 Å². The number of fused-ring (bicyclic) bond motifs is 3. The van der Waals surface area contributed by atoms with Crippen LogP contribution in [-0.4, -0.2) is 31.8 Å². The van der Waals surface area contributed by atoms with Gasteiger partial charge in [-0.25, -0.2) is 4.79 Å². The molecule has 7 heteroatoms. The van der Waals surface area contributed by atoms with Crippen LogP contribution in [0.5, 0.6) is 0 Å². The van der Waals surface area contributed by atoms with Gasteiger partial charge in [0.15, 0.2) is 11.3 Å². The first-order chi connectivity index (χ1) is 11.2. The van der Waals surface area contributed by atoms with Crippen molar-refractivity contribution in [1.82, 2.24) is 24.7 Å². The summed E-state index contributed by atoms with van der Waals surface area (Å²) >= 11 is 0. The zero-order valence-corrected chi connectivity index (χ0v) is 13.4. The maximum atomic E-state index is 12.6. The topological polar surface area (TPSA) is 88.6 Å². The number of nitrogens with zero attached hydrogens (tertiary/aromatic N) is 3. The standard InChI is InChI=1S/C16H21N5O2/c1-9-5-3-4-6-11(9)21-13-12-10(8-23-2)7-17-14(12)19-20-15(13)18-16(21)22/h7,9,11H,3-6,8H2,1-2H3,(H,17,19)(H,18,20,22). The molecule has 1 saturated carbocycles. The Morgan fingerprint density at radius 3 is 2.87 bits per heavy atom. The number of rotatable bonds is 3. The molecule has 1 aliphatic rings. The van der Waals surface area contributed by atoms with Crippen molar-refractivity contribution in [3.05, 3.63) is 22.2 Å². The van der Waals surface area contributed by atoms with E-state index in [0.29, 0.717) is 23.8 Å². The molecule has 2 atom stereocenters. The van der Waals surface area contributed by atoms with E-state index in [1.807, 2.05) is 10.8 Å². The lowest BCUT2D eigenvalue weighted by Gasteiger charge is -2.29. The second-order valence-electron chi connectivity index (χ2n) is 6.50. The van der Waals surface area contributed by atoms with Crippen molar-refractivity contribution >= 4 is 22.2 Å². The molecule has 0 radical (unpaired) electrons. The fourth-order valence-corrected chi connectivity index (χ4v) is 3.91. The number of H-pyrrole nitrogens is 2. The van der Waals surface area contributed by atoms with Crippen molar-refractivity contribution in [1.29, 1.82) is 0 Å². The molecule has 7 nitrogen and oxygen atoms in total. The Balaban J connectivity index is 2.02. The van der Waals surface area contributed by atoms with Gasteiger partial charge in [0.2, 0.25) is 0 Å². The Morgan fingerprint density at radius 2 is 2.09 bits per heavy atom. The van der Waals surface area contributed by atoms with E-state index in [1.165, 1.54) is 6.42 Å². The van der Waals surface area contributed by atoms with Crippen LogP contribution in [0.25, 0.3) is 22.2 Å². The van der Waals surface area contributed by atoms with Crippen LogP contribution >= 0.6 is 0 Å². The van der Waals surface area contributed by atoms with E-state index >= 15 is 0 Å². The average Bonchev–Trinajstić information content (AvgIpc) is 3.09. The summed E-state index contributed by atoms with van der Waals surface area (Å²) in [5.41, 5.74) is 3.01. The van der Waals surface area contributed by atoms with Gasteiger partial charge in [0.1, 0.15) is 5.52 Å². The molecule has 0 aliphatic heterocycles. The first kappa shape index (κ1) is 14.4. The highest BCUT2D eigenvalue weighted by Crippen LogP contribution is 2.36. The molecule has 3 aromatic rings. The minimum absolute atomic E-state index is 0.0925. The van der Waals surface area contributed by atoms with Crippen molar-refractivity contribution in [3.63, 3.8) is 0 Å². The van der Waals surface area contributed by atoms with Gasteiger partial charge in [-0.3, -0.25) is 9.55 Å². The van der Waals surface area contributed by atoms with Crippen molar-refractivity contribution in [2.24, 2.45) is 5.92 Å². The number of aromatic nitrogens is 5. The van der Waals surface area contributed by atoms with E-state index in [-0.39, 0.29) is 11.7 Å². The molecule has 3 heterocycles. The van der Waals surface area contributed by atoms with Gasteiger partial charge in [0.25, 0.3) is 0 Å². The third-order valence-corrected chi connectivity index (χ3v) is 5.03. The lowest BCUT2D eigenvalue weighted by Crippen LogP contribution is -2.29. The van der Waals surface area contributed by atoms with Crippen LogP contribution in [0.4, 0.5) is 0 Å². The number of hydrogen-bond acceptors (Lipinski definition) is 4. The Bertz CT molecular complexity index is 906. The molecule has 0 aromatic carbocycles. The van der Waals surface area contributed by atoms with Gasteiger partial charge in [-0.05, 0) is 18.8 Å². The molecule has 2 unspecified atom stereocenters. The Kier molecular flexibility index (Phi) is 3.45. The SMILES string of the molecule is COCc1c[nH]c2nnc3[nH]c(=O)n(C4CCCCC4C)c3c12. The number of hydrogen-bond donors (Lipinski definition) is 2. The molecular formula is C16H21N5O2. The number of imidazole rings is 1. The summed E-state index contributed by atoms with van der Waals surface area (Å²) in [5, 5.41) is 9.31. The molecule has 1 aliphatic carbocycles. The summed E-state index contributed by atoms with van der Waals surface area (Å²) in [4.78, 5) is 18.6. The van der Waals surface area contributed by atoms with Crippen LogP contribution in [-0.2, 0) is 11.3 Å². The molecule has 2 N–H and O–H groups in total. The van der Waals surface area contributed by atoms with Crippen LogP contribution in [0, 0.1) is 5.92 Å². The maximum absolute atomic E-state index is 12.6. The predicted molar refractivity (Wildman–Crippen MR) is 87.4 cm³/mol. The van der Waals surface area contributed by atoms with Gasteiger partial charge in [-0.2, -0.15) is 0 Å². The molecule has 122 valence electrons. The Morgan fingerprint density at radius 1 is 1.30 bits per heavy atom. The third-order valence-electron chi connectivity index (χ3n) is 5.03. The van der Waals surface area contributed by atoms with Gasteiger partial charge in [0, 0.05) is 24.9 Å². The number of ether oxygens (including phenoxy) is 1. The fourth-order valence-electron chi connectivity index (χ4n) is 3.91. The smallest absolute Gasteiger partial charge is 0.328 e. The largest absolute Gasteiger partial charge is 0.380 e. The first-order valence-electron chi connectivity index (χ1n) is 8.16. The van der Waals surface area contributed by atoms with E-state index in [0.717, 1.165) is 35.7 Å². The van der Waals surface area contributed by atoms with Crippen molar-refractivity contribution in [2.75, 3.05) is 7.11 Å². The van der Waals surface area contributed by atoms with Crippen LogP contribution in [0.15, 0.2) is 11.0 Å². The van der Waals surface area contributed by atoms with Crippen LogP contribution < -0.4 is 5.69 Å². The number of nitrogens with one attached hydrogen (secondary N) is 2. The van der Waals surface area contributed by atoms with Gasteiger partial charge in [-0.1, -0.05) is 19.8 Å². The first-order valence-corrected chi connectivity index (χ1v) is 8.16. The average molecular weight is 315 g/mol.